The van der Waals surface area contributed by atoms with E-state index >= 15 is 0 Å². The van der Waals surface area contributed by atoms with Gasteiger partial charge in [-0.25, -0.2) is 9.78 Å². The Labute approximate surface area is 198 Å². The van der Waals surface area contributed by atoms with Gasteiger partial charge in [-0.3, -0.25) is 14.2 Å². The maximum absolute atomic E-state index is 12.8. The molecule has 1 fully saturated rings. The van der Waals surface area contributed by atoms with Crippen molar-refractivity contribution in [3.63, 3.8) is 0 Å². The molecule has 1 aliphatic rings. The first-order valence-electron chi connectivity index (χ1n) is 11.6. The van der Waals surface area contributed by atoms with Crippen molar-refractivity contribution in [2.24, 2.45) is 5.92 Å². The van der Waals surface area contributed by atoms with Gasteiger partial charge in [-0.15, -0.1) is 0 Å². The lowest BCUT2D eigenvalue weighted by atomic mass is 9.97. The summed E-state index contributed by atoms with van der Waals surface area (Å²) in [4.78, 5) is 43.7. The lowest BCUT2D eigenvalue weighted by Gasteiger charge is -2.32. The van der Waals surface area contributed by atoms with E-state index in [9.17, 15) is 14.4 Å². The number of benzene rings is 2. The molecular formula is C26H29N3O5. The van der Waals surface area contributed by atoms with Crippen molar-refractivity contribution in [2.45, 2.75) is 39.7 Å². The van der Waals surface area contributed by atoms with Crippen molar-refractivity contribution in [1.82, 2.24) is 14.5 Å². The number of para-hydroxylation sites is 1. The lowest BCUT2D eigenvalue weighted by Crippen LogP contribution is -2.45. The minimum absolute atomic E-state index is 0.187. The smallest absolute Gasteiger partial charge is 0.338 e. The average molecular weight is 464 g/mol. The molecule has 8 nitrogen and oxygen atoms in total. The van der Waals surface area contributed by atoms with Gasteiger partial charge in [0.05, 0.1) is 29.1 Å². The molecule has 2 heterocycles. The Hall–Kier alpha value is -3.68. The third-order valence-corrected chi connectivity index (χ3v) is 6.13. The van der Waals surface area contributed by atoms with Gasteiger partial charge in [-0.05, 0) is 63.9 Å². The van der Waals surface area contributed by atoms with Crippen molar-refractivity contribution >= 4 is 28.9 Å². The van der Waals surface area contributed by atoms with E-state index in [1.54, 1.807) is 30.9 Å². The molecule has 178 valence electrons. The predicted molar refractivity (Wildman–Crippen MR) is 127 cm³/mol. The zero-order valence-electron chi connectivity index (χ0n) is 19.7. The number of carbonyl (C=O) groups excluding carboxylic acids is 3. The van der Waals surface area contributed by atoms with E-state index in [2.05, 4.69) is 4.98 Å². The van der Waals surface area contributed by atoms with Crippen molar-refractivity contribution in [3.8, 4) is 5.69 Å². The molecule has 1 amide bonds. The van der Waals surface area contributed by atoms with Crippen LogP contribution in [0.15, 0.2) is 48.5 Å². The number of likely N-dealkylation sites (tertiary alicyclic amines) is 1. The fourth-order valence-electron chi connectivity index (χ4n) is 4.36. The highest BCUT2D eigenvalue weighted by atomic mass is 16.5. The zero-order chi connectivity index (χ0) is 24.2. The van der Waals surface area contributed by atoms with E-state index in [0.29, 0.717) is 43.6 Å². The van der Waals surface area contributed by atoms with Crippen LogP contribution in [0.2, 0.25) is 0 Å². The fraction of sp³-hybridized carbons (Fsp3) is 0.385. The number of amides is 1. The van der Waals surface area contributed by atoms with Crippen LogP contribution in [0.25, 0.3) is 16.7 Å². The summed E-state index contributed by atoms with van der Waals surface area (Å²) >= 11 is 0. The SMILES string of the molecule is CCOC(=O)C1CCN(C(=O)C(C)OC(=O)c2ccc3c(c2)nc(C)n3-c2ccccc2)CC1. The highest BCUT2D eigenvalue weighted by molar-refractivity contribution is 5.95. The van der Waals surface area contributed by atoms with Crippen LogP contribution in [-0.2, 0) is 19.1 Å². The number of rotatable bonds is 6. The van der Waals surface area contributed by atoms with Gasteiger partial charge in [0, 0.05) is 18.8 Å². The molecule has 4 rings (SSSR count). The van der Waals surface area contributed by atoms with Crippen molar-refractivity contribution in [3.05, 3.63) is 59.9 Å². The summed E-state index contributed by atoms with van der Waals surface area (Å²) in [7, 11) is 0. The van der Waals surface area contributed by atoms with Gasteiger partial charge in [-0.1, -0.05) is 18.2 Å². The Bertz CT molecular complexity index is 1200. The third-order valence-electron chi connectivity index (χ3n) is 6.13. The molecule has 2 aromatic carbocycles. The molecule has 1 unspecified atom stereocenters. The summed E-state index contributed by atoms with van der Waals surface area (Å²) in [5, 5.41) is 0. The van der Waals surface area contributed by atoms with Crippen LogP contribution in [0.3, 0.4) is 0 Å². The number of piperidine rings is 1. The molecule has 0 spiro atoms. The molecule has 1 atom stereocenters. The van der Waals surface area contributed by atoms with Crippen molar-refractivity contribution in [2.75, 3.05) is 19.7 Å². The number of aryl methyl sites for hydroxylation is 1. The van der Waals surface area contributed by atoms with E-state index in [4.69, 9.17) is 9.47 Å². The Balaban J connectivity index is 1.41. The number of carbonyl (C=O) groups is 3. The molecule has 0 saturated carbocycles. The first-order chi connectivity index (χ1) is 16.4. The predicted octanol–water partition coefficient (Wildman–Crippen LogP) is 3.68. The zero-order valence-corrected chi connectivity index (χ0v) is 19.7. The van der Waals surface area contributed by atoms with Crippen LogP contribution in [0.4, 0.5) is 0 Å². The molecule has 0 N–H and O–H groups in total. The van der Waals surface area contributed by atoms with Gasteiger partial charge < -0.3 is 14.4 Å². The number of ether oxygens (including phenoxy) is 2. The van der Waals surface area contributed by atoms with E-state index < -0.39 is 12.1 Å². The van der Waals surface area contributed by atoms with Gasteiger partial charge >= 0.3 is 11.9 Å². The number of imidazole rings is 1. The average Bonchev–Trinajstić information content (AvgIpc) is 3.19. The maximum atomic E-state index is 12.8. The number of nitrogens with zero attached hydrogens (tertiary/aromatic N) is 3. The van der Waals surface area contributed by atoms with E-state index in [1.807, 2.05) is 47.9 Å². The summed E-state index contributed by atoms with van der Waals surface area (Å²) < 4.78 is 12.6. The third kappa shape index (κ3) is 4.81. The summed E-state index contributed by atoms with van der Waals surface area (Å²) in [6, 6.07) is 15.1. The molecule has 1 aliphatic heterocycles. The topological polar surface area (TPSA) is 90.7 Å². The minimum Gasteiger partial charge on any atom is -0.466 e. The molecule has 0 bridgehead atoms. The summed E-state index contributed by atoms with van der Waals surface area (Å²) in [6.07, 6.45) is 0.169. The van der Waals surface area contributed by atoms with Gasteiger partial charge in [-0.2, -0.15) is 0 Å². The van der Waals surface area contributed by atoms with E-state index in [-0.39, 0.29) is 17.8 Å². The van der Waals surface area contributed by atoms with Crippen LogP contribution >= 0.6 is 0 Å². The van der Waals surface area contributed by atoms with Crippen LogP contribution in [0.1, 0.15) is 42.9 Å². The van der Waals surface area contributed by atoms with Gasteiger partial charge in [0.2, 0.25) is 0 Å². The van der Waals surface area contributed by atoms with E-state index in [1.165, 1.54) is 0 Å². The second-order valence-electron chi connectivity index (χ2n) is 8.43. The van der Waals surface area contributed by atoms with Crippen molar-refractivity contribution < 1.29 is 23.9 Å². The minimum atomic E-state index is -0.925. The Morgan fingerprint density at radius 3 is 2.47 bits per heavy atom. The Kier molecular flexibility index (Phi) is 6.95. The molecule has 0 radical (unpaired) electrons. The summed E-state index contributed by atoms with van der Waals surface area (Å²) in [5.74, 6) is -0.430. The lowest BCUT2D eigenvalue weighted by molar-refractivity contribution is -0.152. The number of hydrogen-bond acceptors (Lipinski definition) is 6. The molecule has 1 saturated heterocycles. The number of hydrogen-bond donors (Lipinski definition) is 0. The van der Waals surface area contributed by atoms with Gasteiger partial charge in [0.15, 0.2) is 6.10 Å². The monoisotopic (exact) mass is 463 g/mol. The number of aromatic nitrogens is 2. The quantitative estimate of drug-likeness (QED) is 0.518. The van der Waals surface area contributed by atoms with Gasteiger partial charge in [0.25, 0.3) is 5.91 Å². The maximum Gasteiger partial charge on any atom is 0.338 e. The highest BCUT2D eigenvalue weighted by Gasteiger charge is 2.31. The Morgan fingerprint density at radius 2 is 1.79 bits per heavy atom. The standard InChI is InChI=1S/C26H29N3O5/c1-4-33-25(31)19-12-14-28(15-13-19)24(30)17(2)34-26(32)20-10-11-23-22(16-20)27-18(3)29(23)21-8-6-5-7-9-21/h5-11,16-17,19H,4,12-15H2,1-3H3. The van der Waals surface area contributed by atoms with Crippen LogP contribution < -0.4 is 0 Å². The molecule has 3 aromatic rings. The van der Waals surface area contributed by atoms with Crippen LogP contribution in [-0.4, -0.2) is 58.1 Å². The summed E-state index contributed by atoms with van der Waals surface area (Å²) in [6.45, 7) is 6.49. The first-order valence-corrected chi connectivity index (χ1v) is 11.6. The molecule has 8 heteroatoms. The normalized spacial score (nSPS) is 15.2. The fourth-order valence-corrected chi connectivity index (χ4v) is 4.36. The Morgan fingerprint density at radius 1 is 1.09 bits per heavy atom. The largest absolute Gasteiger partial charge is 0.466 e. The second kappa shape index (κ2) is 10.1. The van der Waals surface area contributed by atoms with Crippen LogP contribution in [0.5, 0.6) is 0 Å². The summed E-state index contributed by atoms with van der Waals surface area (Å²) in [5.41, 5.74) is 2.89. The van der Waals surface area contributed by atoms with Crippen molar-refractivity contribution in [1.29, 1.82) is 0 Å². The highest BCUT2D eigenvalue weighted by Crippen LogP contribution is 2.23. The van der Waals surface area contributed by atoms with Crippen LogP contribution in [0, 0.1) is 12.8 Å². The second-order valence-corrected chi connectivity index (χ2v) is 8.43. The molecule has 34 heavy (non-hydrogen) atoms. The van der Waals surface area contributed by atoms with E-state index in [0.717, 1.165) is 17.0 Å². The molecule has 0 aliphatic carbocycles. The molecule has 1 aromatic heterocycles. The number of esters is 2. The van der Waals surface area contributed by atoms with Gasteiger partial charge in [0.1, 0.15) is 5.82 Å². The number of fused-ring (bicyclic) bond motifs is 1. The first kappa shape index (κ1) is 23.5. The molecular weight excluding hydrogens is 434 g/mol.